The number of urea groups is 1. The number of amides is 2. The number of fused-ring (bicyclic) bond motifs is 1. The maximum atomic E-state index is 11.8. The zero-order chi connectivity index (χ0) is 16.8. The third-order valence-corrected chi connectivity index (χ3v) is 5.15. The summed E-state index contributed by atoms with van der Waals surface area (Å²) in [4.78, 5) is 11.8. The predicted octanol–water partition coefficient (Wildman–Crippen LogP) is 5.14. The number of nitrogens with one attached hydrogen (secondary N) is 2. The lowest BCUT2D eigenvalue weighted by molar-refractivity contribution is 0.252. The van der Waals surface area contributed by atoms with E-state index in [0.29, 0.717) is 6.54 Å². The van der Waals surface area contributed by atoms with Crippen LogP contribution in [0.4, 0.5) is 10.5 Å². The van der Waals surface area contributed by atoms with Crippen molar-refractivity contribution in [2.24, 2.45) is 5.92 Å². The molecule has 1 fully saturated rings. The highest BCUT2D eigenvalue weighted by atomic mass is 16.2. The monoisotopic (exact) mass is 327 g/mol. The summed E-state index contributed by atoms with van der Waals surface area (Å²) in [6.07, 6.45) is 11.8. The van der Waals surface area contributed by atoms with Crippen molar-refractivity contribution in [3.63, 3.8) is 0 Å². The Bertz CT molecular complexity index is 669. The molecular weight excluding hydrogens is 298 g/mol. The normalized spacial score (nSPS) is 16.0. The van der Waals surface area contributed by atoms with Crippen LogP contribution in [-0.4, -0.2) is 17.1 Å². The van der Waals surface area contributed by atoms with Gasteiger partial charge < -0.3 is 15.2 Å². The molecule has 1 aromatic carbocycles. The number of rotatable bonds is 5. The van der Waals surface area contributed by atoms with Crippen molar-refractivity contribution in [2.75, 3.05) is 11.9 Å². The smallest absolute Gasteiger partial charge is 0.319 e. The molecule has 2 aromatic rings. The molecule has 2 amide bonds. The van der Waals surface area contributed by atoms with Gasteiger partial charge in [-0.05, 0) is 37.5 Å². The number of nitrogens with zero attached hydrogens (tertiary/aromatic N) is 1. The minimum absolute atomic E-state index is 0.142. The number of hydrogen-bond acceptors (Lipinski definition) is 1. The zero-order valence-corrected chi connectivity index (χ0v) is 14.7. The van der Waals surface area contributed by atoms with Gasteiger partial charge in [-0.1, -0.05) is 44.6 Å². The van der Waals surface area contributed by atoms with E-state index in [1.165, 1.54) is 50.5 Å². The van der Waals surface area contributed by atoms with E-state index in [9.17, 15) is 4.79 Å². The Balaban J connectivity index is 1.69. The van der Waals surface area contributed by atoms with Gasteiger partial charge in [0.05, 0.1) is 11.2 Å². The Morgan fingerprint density at radius 2 is 1.96 bits per heavy atom. The molecule has 2 N–H and O–H groups in total. The first-order valence-corrected chi connectivity index (χ1v) is 9.40. The Hall–Kier alpha value is -1.97. The molecule has 4 nitrogen and oxygen atoms in total. The molecule has 0 bridgehead atoms. The molecule has 0 spiro atoms. The molecule has 130 valence electrons. The van der Waals surface area contributed by atoms with Gasteiger partial charge in [-0.2, -0.15) is 0 Å². The van der Waals surface area contributed by atoms with E-state index in [-0.39, 0.29) is 6.03 Å². The van der Waals surface area contributed by atoms with Gasteiger partial charge in [0.15, 0.2) is 0 Å². The van der Waals surface area contributed by atoms with Crippen molar-refractivity contribution in [1.29, 1.82) is 0 Å². The highest BCUT2D eigenvalue weighted by Crippen LogP contribution is 2.28. The first-order chi connectivity index (χ1) is 11.8. The van der Waals surface area contributed by atoms with Crippen molar-refractivity contribution in [3.8, 4) is 0 Å². The molecule has 0 saturated heterocycles. The molecular formula is C20H29N3O. The van der Waals surface area contributed by atoms with Gasteiger partial charge in [0.25, 0.3) is 0 Å². The molecule has 1 aromatic heterocycles. The van der Waals surface area contributed by atoms with E-state index in [4.69, 9.17) is 0 Å². The average Bonchev–Trinajstić information content (AvgIpc) is 2.81. The summed E-state index contributed by atoms with van der Waals surface area (Å²) >= 11 is 0. The second kappa shape index (κ2) is 8.22. The first kappa shape index (κ1) is 16.9. The van der Waals surface area contributed by atoms with E-state index < -0.39 is 0 Å². The highest BCUT2D eigenvalue weighted by molar-refractivity contribution is 6.00. The fourth-order valence-electron chi connectivity index (χ4n) is 3.83. The summed E-state index contributed by atoms with van der Waals surface area (Å²) in [6, 6.07) is 8.10. The van der Waals surface area contributed by atoms with Gasteiger partial charge in [0, 0.05) is 24.7 Å². The fourth-order valence-corrected chi connectivity index (χ4v) is 3.83. The molecule has 24 heavy (non-hydrogen) atoms. The van der Waals surface area contributed by atoms with Gasteiger partial charge in [-0.3, -0.25) is 0 Å². The topological polar surface area (TPSA) is 46.1 Å². The van der Waals surface area contributed by atoms with Gasteiger partial charge in [-0.15, -0.1) is 0 Å². The quantitative estimate of drug-likeness (QED) is 0.734. The molecule has 0 atom stereocenters. The minimum Gasteiger partial charge on any atom is -0.347 e. The van der Waals surface area contributed by atoms with Crippen LogP contribution >= 0.6 is 0 Å². The van der Waals surface area contributed by atoms with Crippen molar-refractivity contribution in [2.45, 2.75) is 58.4 Å². The van der Waals surface area contributed by atoms with Crippen LogP contribution in [0.2, 0.25) is 0 Å². The summed E-state index contributed by atoms with van der Waals surface area (Å²) < 4.78 is 2.34. The van der Waals surface area contributed by atoms with E-state index in [1.54, 1.807) is 0 Å². The fraction of sp³-hybridized carbons (Fsp3) is 0.550. The van der Waals surface area contributed by atoms with Crippen LogP contribution in [-0.2, 0) is 6.54 Å². The number of benzene rings is 1. The van der Waals surface area contributed by atoms with Crippen molar-refractivity contribution in [3.05, 3.63) is 30.5 Å². The lowest BCUT2D eigenvalue weighted by Gasteiger charge is -2.15. The van der Waals surface area contributed by atoms with E-state index >= 15 is 0 Å². The molecule has 0 radical (unpaired) electrons. The molecule has 4 heteroatoms. The molecule has 1 aliphatic rings. The van der Waals surface area contributed by atoms with Crippen LogP contribution in [0.1, 0.15) is 51.9 Å². The van der Waals surface area contributed by atoms with Crippen LogP contribution in [0, 0.1) is 5.92 Å². The first-order valence-electron chi connectivity index (χ1n) is 9.40. The number of aromatic nitrogens is 1. The van der Waals surface area contributed by atoms with Gasteiger partial charge in [-0.25, -0.2) is 4.79 Å². The van der Waals surface area contributed by atoms with Gasteiger partial charge in [0.2, 0.25) is 0 Å². The van der Waals surface area contributed by atoms with Crippen LogP contribution < -0.4 is 10.6 Å². The van der Waals surface area contributed by atoms with Gasteiger partial charge in [0.1, 0.15) is 0 Å². The molecule has 0 unspecified atom stereocenters. The SMILES string of the molecule is CCNC(=O)Nc1cccc2c1ccn2CCC1CCCCCC1. The predicted molar refractivity (Wildman–Crippen MR) is 100 cm³/mol. The van der Waals surface area contributed by atoms with E-state index in [1.807, 2.05) is 19.1 Å². The van der Waals surface area contributed by atoms with Crippen molar-refractivity contribution >= 4 is 22.6 Å². The maximum Gasteiger partial charge on any atom is 0.319 e. The lowest BCUT2D eigenvalue weighted by Crippen LogP contribution is -2.28. The second-order valence-corrected chi connectivity index (χ2v) is 6.88. The molecule has 1 heterocycles. The van der Waals surface area contributed by atoms with Gasteiger partial charge >= 0.3 is 6.03 Å². The van der Waals surface area contributed by atoms with Crippen LogP contribution in [0.5, 0.6) is 0 Å². The number of hydrogen-bond donors (Lipinski definition) is 2. The second-order valence-electron chi connectivity index (χ2n) is 6.88. The number of anilines is 1. The summed E-state index contributed by atoms with van der Waals surface area (Å²) in [7, 11) is 0. The largest absolute Gasteiger partial charge is 0.347 e. The van der Waals surface area contributed by atoms with E-state index in [0.717, 1.165) is 23.5 Å². The molecule has 0 aliphatic heterocycles. The standard InChI is InChI=1S/C20H29N3O/c1-2-21-20(24)22-18-10-7-11-19-17(18)13-15-23(19)14-12-16-8-5-3-4-6-9-16/h7,10-11,13,15-16H,2-6,8-9,12,14H2,1H3,(H2,21,22,24). The van der Waals surface area contributed by atoms with Crippen LogP contribution in [0.3, 0.4) is 0 Å². The minimum atomic E-state index is -0.142. The Kier molecular flexibility index (Phi) is 5.78. The summed E-state index contributed by atoms with van der Waals surface area (Å²) in [5.41, 5.74) is 2.09. The third-order valence-electron chi connectivity index (χ3n) is 5.15. The van der Waals surface area contributed by atoms with E-state index in [2.05, 4.69) is 33.5 Å². The van der Waals surface area contributed by atoms with Crippen LogP contribution in [0.15, 0.2) is 30.5 Å². The lowest BCUT2D eigenvalue weighted by atomic mass is 9.97. The molecule has 1 saturated carbocycles. The number of carbonyl (C=O) groups is 1. The van der Waals surface area contributed by atoms with Crippen molar-refractivity contribution in [1.82, 2.24) is 9.88 Å². The van der Waals surface area contributed by atoms with Crippen LogP contribution in [0.25, 0.3) is 10.9 Å². The maximum absolute atomic E-state index is 11.8. The number of aryl methyl sites for hydroxylation is 1. The zero-order valence-electron chi connectivity index (χ0n) is 14.7. The third kappa shape index (κ3) is 4.11. The Labute approximate surface area is 144 Å². The summed E-state index contributed by atoms with van der Waals surface area (Å²) in [6.45, 7) is 3.62. The Morgan fingerprint density at radius 1 is 1.17 bits per heavy atom. The summed E-state index contributed by atoms with van der Waals surface area (Å²) in [5, 5.41) is 6.85. The number of carbonyl (C=O) groups excluding carboxylic acids is 1. The molecule has 3 rings (SSSR count). The Morgan fingerprint density at radius 3 is 2.71 bits per heavy atom. The summed E-state index contributed by atoms with van der Waals surface area (Å²) in [5.74, 6) is 0.876. The highest BCUT2D eigenvalue weighted by Gasteiger charge is 2.13. The van der Waals surface area contributed by atoms with Crippen molar-refractivity contribution < 1.29 is 4.79 Å². The molecule has 1 aliphatic carbocycles. The average molecular weight is 327 g/mol.